The Kier molecular flexibility index (Phi) is 62.0. The quantitative estimate of drug-likeness (QED) is 0.0652. The Morgan fingerprint density at radius 2 is 0.694 bits per heavy atom. The van der Waals surface area contributed by atoms with Gasteiger partial charge in [-0.1, -0.05) is 142 Å². The van der Waals surface area contributed by atoms with E-state index in [2.05, 4.69) is 20.4 Å². The molecule has 36 heavy (non-hydrogen) atoms. The predicted octanol–water partition coefficient (Wildman–Crippen LogP) is 8.74. The van der Waals surface area contributed by atoms with Gasteiger partial charge in [0.25, 0.3) is 0 Å². The van der Waals surface area contributed by atoms with Crippen LogP contribution in [0.3, 0.4) is 0 Å². The van der Waals surface area contributed by atoms with Gasteiger partial charge >= 0.3 is 0 Å². The van der Waals surface area contributed by atoms with E-state index in [4.69, 9.17) is 20.4 Å². The molecule has 0 fully saturated rings. The molecule has 0 saturated carbocycles. The van der Waals surface area contributed by atoms with Crippen molar-refractivity contribution in [3.63, 3.8) is 0 Å². The summed E-state index contributed by atoms with van der Waals surface area (Å²) in [4.78, 5) is 0. The largest absolute Gasteiger partial charge is 0.396 e. The number of aliphatic hydroxyl groups is 4. The number of hydrogen-bond donors (Lipinski definition) is 4. The number of rotatable bonds is 21. The van der Waals surface area contributed by atoms with Gasteiger partial charge in [0.2, 0.25) is 0 Å². The molecule has 0 radical (unpaired) electrons. The molecule has 0 aromatic rings. The Bertz CT molecular complexity index is 294. The second kappa shape index (κ2) is 48.4. The van der Waals surface area contributed by atoms with E-state index in [9.17, 15) is 0 Å². The normalized spacial score (nSPS) is 9.72. The van der Waals surface area contributed by atoms with Crippen LogP contribution >= 0.6 is 0 Å². The Balaban J connectivity index is -0.000000131. The van der Waals surface area contributed by atoms with Crippen LogP contribution in [0.4, 0.5) is 0 Å². The molecule has 4 N–H and O–H groups in total. The maximum absolute atomic E-state index is 8.57. The second-order valence-corrected chi connectivity index (χ2v) is 10.0. The van der Waals surface area contributed by atoms with Crippen molar-refractivity contribution in [3.8, 4) is 0 Å². The molecule has 5 heteroatoms. The van der Waals surface area contributed by atoms with Crippen molar-refractivity contribution < 1.29 is 42.1 Å². The summed E-state index contributed by atoms with van der Waals surface area (Å²) in [5.41, 5.74) is 0.810. The first kappa shape index (κ1) is 46.2. The average molecular weight is 553 g/mol. The average Bonchev–Trinajstić information content (AvgIpc) is 2.82. The second-order valence-electron chi connectivity index (χ2n) is 10.0. The molecule has 0 aliphatic heterocycles. The molecule has 0 atom stereocenters. The first-order valence-electron chi connectivity index (χ1n) is 15.0. The predicted molar refractivity (Wildman–Crippen MR) is 157 cm³/mol. The van der Waals surface area contributed by atoms with Crippen LogP contribution in [0.5, 0.6) is 0 Å². The molecule has 0 unspecified atom stereocenters. The van der Waals surface area contributed by atoms with Gasteiger partial charge in [-0.15, -0.1) is 0 Å². The fraction of sp³-hybridized carbons (Fsp3) is 0.935. The van der Waals surface area contributed by atoms with Crippen molar-refractivity contribution in [2.24, 2.45) is 0 Å². The van der Waals surface area contributed by atoms with Crippen LogP contribution in [0.15, 0.2) is 12.2 Å². The molecular formula is C31H68O4Ti. The minimum atomic E-state index is -0.167. The van der Waals surface area contributed by atoms with E-state index in [1.165, 1.54) is 116 Å². The van der Waals surface area contributed by atoms with Gasteiger partial charge in [-0.25, -0.2) is 0 Å². The van der Waals surface area contributed by atoms with Crippen LogP contribution < -0.4 is 0 Å². The molecule has 0 aliphatic rings. The van der Waals surface area contributed by atoms with E-state index in [0.29, 0.717) is 13.2 Å². The topological polar surface area (TPSA) is 80.9 Å². The van der Waals surface area contributed by atoms with Crippen LogP contribution in [0.1, 0.15) is 163 Å². The molecule has 0 saturated heterocycles. The third-order valence-corrected chi connectivity index (χ3v) is 5.29. The SMILES string of the molecule is C=C(C)CO.CC(C)O.CCCCCCCCCCCCO.CCCCCCCCCCCCO.[Ti]. The Morgan fingerprint density at radius 3 is 0.833 bits per heavy atom. The summed E-state index contributed by atoms with van der Waals surface area (Å²) in [6.45, 7) is 14.0. The Labute approximate surface area is 242 Å². The Morgan fingerprint density at radius 1 is 0.528 bits per heavy atom. The third-order valence-electron chi connectivity index (χ3n) is 5.29. The summed E-state index contributed by atoms with van der Waals surface area (Å²) in [5, 5.41) is 33.2. The van der Waals surface area contributed by atoms with Gasteiger partial charge in [0.05, 0.1) is 6.61 Å². The van der Waals surface area contributed by atoms with Crippen molar-refractivity contribution in [1.29, 1.82) is 0 Å². The number of unbranched alkanes of at least 4 members (excludes halogenated alkanes) is 18. The monoisotopic (exact) mass is 552 g/mol. The molecule has 0 aromatic carbocycles. The van der Waals surface area contributed by atoms with Gasteiger partial charge in [0, 0.05) is 41.0 Å². The summed E-state index contributed by atoms with van der Waals surface area (Å²) >= 11 is 0. The summed E-state index contributed by atoms with van der Waals surface area (Å²) in [6, 6.07) is 0. The summed E-state index contributed by atoms with van der Waals surface area (Å²) in [6.07, 6.45) is 26.4. The third kappa shape index (κ3) is 76.5. The van der Waals surface area contributed by atoms with Gasteiger partial charge in [0.15, 0.2) is 0 Å². The zero-order valence-electron chi connectivity index (χ0n) is 25.3. The van der Waals surface area contributed by atoms with E-state index in [0.717, 1.165) is 18.4 Å². The smallest absolute Gasteiger partial charge is 0.0636 e. The van der Waals surface area contributed by atoms with Crippen LogP contribution in [0, 0.1) is 0 Å². The summed E-state index contributed by atoms with van der Waals surface area (Å²) in [7, 11) is 0. The fourth-order valence-corrected chi connectivity index (χ4v) is 3.20. The van der Waals surface area contributed by atoms with Gasteiger partial charge in [0.1, 0.15) is 0 Å². The van der Waals surface area contributed by atoms with Gasteiger partial charge in [-0.3, -0.25) is 0 Å². The minimum Gasteiger partial charge on any atom is -0.396 e. The van der Waals surface area contributed by atoms with E-state index in [-0.39, 0.29) is 34.4 Å². The minimum absolute atomic E-state index is 0. The molecule has 220 valence electrons. The van der Waals surface area contributed by atoms with Crippen LogP contribution in [-0.4, -0.2) is 46.4 Å². The first-order valence-corrected chi connectivity index (χ1v) is 15.0. The van der Waals surface area contributed by atoms with Crippen LogP contribution in [-0.2, 0) is 21.7 Å². The number of hydrogen-bond acceptors (Lipinski definition) is 4. The standard InChI is InChI=1S/2C12H26O.C4H8O.C3H8O.Ti/c2*1-2-3-4-5-6-7-8-9-10-11-12-13;1-4(2)3-5;1-3(2)4;/h2*13H,2-12H2,1H3;5H,1,3H2,2H3;3-4H,1-2H3;. The van der Waals surface area contributed by atoms with Crippen LogP contribution in [0.2, 0.25) is 0 Å². The molecule has 0 bridgehead atoms. The first-order chi connectivity index (χ1) is 16.8. The van der Waals surface area contributed by atoms with Crippen molar-refractivity contribution in [3.05, 3.63) is 12.2 Å². The van der Waals surface area contributed by atoms with Crippen molar-refractivity contribution >= 4 is 0 Å². The maximum atomic E-state index is 8.57. The molecule has 0 amide bonds. The van der Waals surface area contributed by atoms with E-state index in [1.807, 2.05) is 0 Å². The Hall–Kier alpha value is 0.294. The van der Waals surface area contributed by atoms with Crippen molar-refractivity contribution in [2.45, 2.75) is 169 Å². The number of aliphatic hydroxyl groups excluding tert-OH is 4. The van der Waals surface area contributed by atoms with Gasteiger partial charge in [-0.2, -0.15) is 0 Å². The molecule has 0 aliphatic carbocycles. The summed E-state index contributed by atoms with van der Waals surface area (Å²) < 4.78 is 0. The zero-order valence-corrected chi connectivity index (χ0v) is 26.9. The fourth-order valence-electron chi connectivity index (χ4n) is 3.20. The molecule has 0 rings (SSSR count). The van der Waals surface area contributed by atoms with E-state index < -0.39 is 0 Å². The van der Waals surface area contributed by atoms with Crippen molar-refractivity contribution in [1.82, 2.24) is 0 Å². The maximum Gasteiger partial charge on any atom is 0.0636 e. The molecule has 0 spiro atoms. The van der Waals surface area contributed by atoms with Gasteiger partial charge in [-0.05, 0) is 33.6 Å². The van der Waals surface area contributed by atoms with Crippen molar-refractivity contribution in [2.75, 3.05) is 19.8 Å². The van der Waals surface area contributed by atoms with Gasteiger partial charge < -0.3 is 20.4 Å². The van der Waals surface area contributed by atoms with Crippen LogP contribution in [0.25, 0.3) is 0 Å². The molecule has 0 heterocycles. The molecule has 0 aromatic heterocycles. The van der Waals surface area contributed by atoms with E-state index >= 15 is 0 Å². The molecule has 4 nitrogen and oxygen atoms in total. The zero-order chi connectivity index (χ0) is 27.4. The van der Waals surface area contributed by atoms with E-state index in [1.54, 1.807) is 20.8 Å². The molecular weight excluding hydrogens is 484 g/mol. The summed E-state index contributed by atoms with van der Waals surface area (Å²) in [5.74, 6) is 0.